The van der Waals surface area contributed by atoms with E-state index in [1.807, 2.05) is 29.3 Å². The number of hydrogen-bond donors (Lipinski definition) is 1. The van der Waals surface area contributed by atoms with Gasteiger partial charge in [-0.1, -0.05) is 18.2 Å². The van der Waals surface area contributed by atoms with Gasteiger partial charge in [0, 0.05) is 52.6 Å². The second kappa shape index (κ2) is 13.4. The minimum Gasteiger partial charge on any atom is -0.508 e. The van der Waals surface area contributed by atoms with Crippen LogP contribution < -0.4 is 9.91 Å². The molecule has 4 rings (SSSR count). The van der Waals surface area contributed by atoms with Crippen LogP contribution in [0.15, 0.2) is 53.6 Å². The number of phenols is 1. The van der Waals surface area contributed by atoms with E-state index in [4.69, 9.17) is 4.74 Å². The highest BCUT2D eigenvalue weighted by atomic mass is 16.5. The van der Waals surface area contributed by atoms with Gasteiger partial charge in [-0.2, -0.15) is 5.10 Å². The van der Waals surface area contributed by atoms with Crippen molar-refractivity contribution in [2.45, 2.75) is 19.6 Å². The molecule has 3 amide bonds. The zero-order valence-electron chi connectivity index (χ0n) is 23.1. The fraction of sp³-hybridized carbons (Fsp3) is 0.429. The van der Waals surface area contributed by atoms with E-state index in [0.29, 0.717) is 31.9 Å². The normalized spacial score (nSPS) is 18.4. The summed E-state index contributed by atoms with van der Waals surface area (Å²) in [5.74, 6) is -0.381. The number of benzene rings is 2. The van der Waals surface area contributed by atoms with Crippen LogP contribution >= 0.6 is 0 Å². The number of hydrazone groups is 1. The summed E-state index contributed by atoms with van der Waals surface area (Å²) in [6.07, 6.45) is -0.134. The molecule has 1 atom stereocenters. The molecule has 2 aromatic carbocycles. The summed E-state index contributed by atoms with van der Waals surface area (Å²) in [6.45, 7) is 10.1. The third kappa shape index (κ3) is 6.76. The highest BCUT2D eigenvalue weighted by Crippen LogP contribution is 2.28. The molecule has 1 unspecified atom stereocenters. The van der Waals surface area contributed by atoms with Gasteiger partial charge in [0.25, 0.3) is 0 Å². The maximum absolute atomic E-state index is 13.2. The summed E-state index contributed by atoms with van der Waals surface area (Å²) in [5.41, 5.74) is 2.20. The van der Waals surface area contributed by atoms with Gasteiger partial charge in [-0.15, -0.1) is 0 Å². The number of aromatic hydroxyl groups is 1. The topological polar surface area (TPSA) is 112 Å². The molecule has 0 bridgehead atoms. The fourth-order valence-corrected chi connectivity index (χ4v) is 5.04. The standard InChI is InChI=1S/C28H37N7O5/c1-22(37)32(18-23-6-4-5-7-26(23)33(29-2)13-12-31-14-16-40-17-15-31)19-27-34(21-36)30(3)20-28(39)35(27)24-8-10-25(38)11-9-24/h4-11,21,27,38H,2,12-20H2,1,3H3. The van der Waals surface area contributed by atoms with Gasteiger partial charge >= 0.3 is 0 Å². The van der Waals surface area contributed by atoms with E-state index in [1.165, 1.54) is 34.0 Å². The van der Waals surface area contributed by atoms with Gasteiger partial charge in [0.1, 0.15) is 11.9 Å². The van der Waals surface area contributed by atoms with E-state index < -0.39 is 6.17 Å². The Morgan fingerprint density at radius 1 is 1.18 bits per heavy atom. The Morgan fingerprint density at radius 3 is 2.52 bits per heavy atom. The van der Waals surface area contributed by atoms with Crippen molar-refractivity contribution in [3.63, 3.8) is 0 Å². The van der Waals surface area contributed by atoms with Gasteiger partial charge in [0.2, 0.25) is 18.2 Å². The number of carbonyl (C=O) groups is 3. The highest BCUT2D eigenvalue weighted by Gasteiger charge is 2.39. The number of likely N-dealkylation sites (N-methyl/N-ethyl adjacent to an activating group) is 1. The Kier molecular flexibility index (Phi) is 9.70. The van der Waals surface area contributed by atoms with Gasteiger partial charge < -0.3 is 14.7 Å². The fourth-order valence-electron chi connectivity index (χ4n) is 5.04. The second-order valence-electron chi connectivity index (χ2n) is 9.81. The number of ether oxygens (including phenoxy) is 1. The van der Waals surface area contributed by atoms with Crippen LogP contribution in [0.4, 0.5) is 11.4 Å². The molecule has 2 heterocycles. The first-order valence-corrected chi connectivity index (χ1v) is 13.3. The van der Waals surface area contributed by atoms with Crippen molar-refractivity contribution in [3.05, 3.63) is 54.1 Å². The van der Waals surface area contributed by atoms with Crippen molar-refractivity contribution in [1.29, 1.82) is 0 Å². The quantitative estimate of drug-likeness (QED) is 0.252. The van der Waals surface area contributed by atoms with Crippen molar-refractivity contribution < 1.29 is 24.2 Å². The molecule has 1 N–H and O–H groups in total. The number of para-hydroxylation sites is 1. The summed E-state index contributed by atoms with van der Waals surface area (Å²) in [4.78, 5) is 43.7. The maximum Gasteiger partial charge on any atom is 0.244 e. The van der Waals surface area contributed by atoms with Crippen LogP contribution in [-0.2, 0) is 25.7 Å². The van der Waals surface area contributed by atoms with Crippen LogP contribution in [0.1, 0.15) is 12.5 Å². The van der Waals surface area contributed by atoms with E-state index in [9.17, 15) is 19.5 Å². The van der Waals surface area contributed by atoms with E-state index in [-0.39, 0.29) is 37.2 Å². The average molecular weight is 552 g/mol. The zero-order valence-corrected chi connectivity index (χ0v) is 23.1. The first-order chi connectivity index (χ1) is 19.3. The first kappa shape index (κ1) is 29.0. The molecule has 0 spiro atoms. The molecule has 12 heteroatoms. The molecular formula is C28H37N7O5. The molecule has 12 nitrogen and oxygen atoms in total. The van der Waals surface area contributed by atoms with Gasteiger partial charge in [-0.25, -0.2) is 5.01 Å². The maximum atomic E-state index is 13.2. The van der Waals surface area contributed by atoms with Crippen LogP contribution in [0.25, 0.3) is 0 Å². The van der Waals surface area contributed by atoms with Crippen LogP contribution in [0.2, 0.25) is 0 Å². The molecule has 214 valence electrons. The Hall–Kier alpha value is -4.00. The summed E-state index contributed by atoms with van der Waals surface area (Å²) < 4.78 is 5.44. The van der Waals surface area contributed by atoms with Crippen LogP contribution in [0.3, 0.4) is 0 Å². The number of nitrogens with zero attached hydrogens (tertiary/aromatic N) is 7. The lowest BCUT2D eigenvalue weighted by molar-refractivity contribution is -0.153. The number of hydrogen-bond acceptors (Lipinski definition) is 9. The number of anilines is 2. The van der Waals surface area contributed by atoms with E-state index in [1.54, 1.807) is 24.1 Å². The van der Waals surface area contributed by atoms with Crippen LogP contribution in [-0.4, -0.2) is 116 Å². The van der Waals surface area contributed by atoms with Gasteiger partial charge in [-0.05, 0) is 35.9 Å². The number of hydrazine groups is 1. The Morgan fingerprint density at radius 2 is 1.88 bits per heavy atom. The molecule has 2 saturated heterocycles. The number of carbonyl (C=O) groups excluding carboxylic acids is 3. The second-order valence-corrected chi connectivity index (χ2v) is 9.81. The molecule has 2 aliphatic rings. The molecule has 0 aromatic heterocycles. The van der Waals surface area contributed by atoms with E-state index in [0.717, 1.165) is 30.9 Å². The summed E-state index contributed by atoms with van der Waals surface area (Å²) in [5, 5.41) is 18.8. The van der Waals surface area contributed by atoms with E-state index >= 15 is 0 Å². The number of morpholine rings is 1. The lowest BCUT2D eigenvalue weighted by Crippen LogP contribution is -2.67. The number of rotatable bonds is 11. The number of amides is 3. The first-order valence-electron chi connectivity index (χ1n) is 13.3. The van der Waals surface area contributed by atoms with Crippen LogP contribution in [0.5, 0.6) is 5.75 Å². The Bertz CT molecular complexity index is 1190. The predicted molar refractivity (Wildman–Crippen MR) is 152 cm³/mol. The molecule has 2 aliphatic heterocycles. The highest BCUT2D eigenvalue weighted by molar-refractivity contribution is 5.96. The smallest absolute Gasteiger partial charge is 0.244 e. The van der Waals surface area contributed by atoms with Crippen molar-refractivity contribution >= 4 is 36.3 Å². The van der Waals surface area contributed by atoms with Crippen molar-refractivity contribution in [2.75, 3.05) is 69.4 Å². The lowest BCUT2D eigenvalue weighted by atomic mass is 10.1. The minimum absolute atomic E-state index is 0.0118. The Balaban J connectivity index is 1.58. The molecule has 0 radical (unpaired) electrons. The summed E-state index contributed by atoms with van der Waals surface area (Å²) >= 11 is 0. The van der Waals surface area contributed by atoms with E-state index in [2.05, 4.69) is 16.7 Å². The van der Waals surface area contributed by atoms with Crippen LogP contribution in [0, 0.1) is 0 Å². The predicted octanol–water partition coefficient (Wildman–Crippen LogP) is 1.17. The number of phenolic OH excluding ortho intramolecular Hbond substituents is 1. The van der Waals surface area contributed by atoms with Gasteiger partial charge in [0.15, 0.2) is 0 Å². The zero-order chi connectivity index (χ0) is 28.6. The molecule has 0 aliphatic carbocycles. The monoisotopic (exact) mass is 551 g/mol. The molecule has 40 heavy (non-hydrogen) atoms. The third-order valence-electron chi connectivity index (χ3n) is 7.23. The summed E-state index contributed by atoms with van der Waals surface area (Å²) in [7, 11) is 1.66. The van der Waals surface area contributed by atoms with Crippen molar-refractivity contribution in [3.8, 4) is 5.75 Å². The molecule has 2 aromatic rings. The van der Waals surface area contributed by atoms with Crippen molar-refractivity contribution in [2.24, 2.45) is 5.10 Å². The average Bonchev–Trinajstić information content (AvgIpc) is 2.95. The minimum atomic E-state index is -0.792. The lowest BCUT2D eigenvalue weighted by Gasteiger charge is -2.47. The van der Waals surface area contributed by atoms with Crippen molar-refractivity contribution in [1.82, 2.24) is 19.8 Å². The van der Waals surface area contributed by atoms with Gasteiger partial charge in [0.05, 0.1) is 38.5 Å². The summed E-state index contributed by atoms with van der Waals surface area (Å²) in [6, 6.07) is 13.9. The Labute approximate surface area is 234 Å². The molecule has 0 saturated carbocycles. The molecular weight excluding hydrogens is 514 g/mol. The third-order valence-corrected chi connectivity index (χ3v) is 7.23. The largest absolute Gasteiger partial charge is 0.508 e. The SMILES string of the molecule is C=NN(CCN1CCOCC1)c1ccccc1CN(CC1N(c2ccc(O)cc2)C(=O)CN(C)N1C=O)C(C)=O. The van der Waals surface area contributed by atoms with Gasteiger partial charge in [-0.3, -0.25) is 34.2 Å². The molecule has 2 fully saturated rings.